The molecule has 0 saturated carbocycles. The Morgan fingerprint density at radius 1 is 1.35 bits per heavy atom. The number of alkyl carbamates (subject to hydrolysis) is 1. The number of halogens is 3. The fourth-order valence-corrected chi connectivity index (χ4v) is 2.59. The smallest absolute Gasteiger partial charge is 0.407 e. The zero-order valence-electron chi connectivity index (χ0n) is 13.6. The average Bonchev–Trinajstić information content (AvgIpc) is 2.86. The van der Waals surface area contributed by atoms with Crippen LogP contribution in [0.1, 0.15) is 27.2 Å². The number of aliphatic hydroxyl groups excluding tert-OH is 1. The summed E-state index contributed by atoms with van der Waals surface area (Å²) in [5.74, 6) is -2.34. The van der Waals surface area contributed by atoms with Crippen LogP contribution in [0, 0.1) is 11.3 Å². The first-order chi connectivity index (χ1) is 10.4. The van der Waals surface area contributed by atoms with Gasteiger partial charge in [-0.15, -0.1) is 0 Å². The first-order valence-corrected chi connectivity index (χ1v) is 7.24. The van der Waals surface area contributed by atoms with Gasteiger partial charge in [0.2, 0.25) is 5.91 Å². The molecule has 0 aromatic heterocycles. The summed E-state index contributed by atoms with van der Waals surface area (Å²) < 4.78 is 43.2. The van der Waals surface area contributed by atoms with Crippen molar-refractivity contribution in [2.75, 3.05) is 20.3 Å². The summed E-state index contributed by atoms with van der Waals surface area (Å²) in [4.78, 5) is 25.1. The van der Waals surface area contributed by atoms with Crippen molar-refractivity contribution >= 4 is 12.0 Å². The summed E-state index contributed by atoms with van der Waals surface area (Å²) in [6.45, 7) is 3.95. The maximum atomic E-state index is 12.9. The summed E-state index contributed by atoms with van der Waals surface area (Å²) in [5, 5.41) is 11.7. The SMILES string of the molecule is COC(=O)N[C@H](C(=O)N1C[C@H](C(F)(F)F)C[C@H]1CO)C(C)(C)C. The lowest BCUT2D eigenvalue weighted by atomic mass is 9.85. The predicted molar refractivity (Wildman–Crippen MR) is 75.5 cm³/mol. The average molecular weight is 340 g/mol. The molecule has 1 fully saturated rings. The Labute approximate surface area is 133 Å². The molecule has 0 aromatic rings. The number of ether oxygens (including phenoxy) is 1. The molecule has 23 heavy (non-hydrogen) atoms. The van der Waals surface area contributed by atoms with Crippen LogP contribution in [0.25, 0.3) is 0 Å². The van der Waals surface area contributed by atoms with Crippen LogP contribution in [-0.2, 0) is 9.53 Å². The molecule has 1 rings (SSSR count). The van der Waals surface area contributed by atoms with E-state index < -0.39 is 54.7 Å². The Balaban J connectivity index is 3.00. The van der Waals surface area contributed by atoms with E-state index in [4.69, 9.17) is 0 Å². The van der Waals surface area contributed by atoms with Gasteiger partial charge in [-0.05, 0) is 11.8 Å². The molecule has 0 bridgehead atoms. The number of likely N-dealkylation sites (tertiary alicyclic amines) is 1. The third-order valence-corrected chi connectivity index (χ3v) is 3.93. The van der Waals surface area contributed by atoms with Crippen molar-refractivity contribution in [1.29, 1.82) is 0 Å². The molecule has 1 aliphatic heterocycles. The van der Waals surface area contributed by atoms with Crippen LogP contribution in [0.2, 0.25) is 0 Å². The van der Waals surface area contributed by atoms with Gasteiger partial charge in [-0.1, -0.05) is 20.8 Å². The lowest BCUT2D eigenvalue weighted by molar-refractivity contribution is -0.171. The van der Waals surface area contributed by atoms with Crippen molar-refractivity contribution in [2.24, 2.45) is 11.3 Å². The van der Waals surface area contributed by atoms with E-state index in [1.165, 1.54) is 0 Å². The van der Waals surface area contributed by atoms with Gasteiger partial charge in [-0.25, -0.2) is 4.79 Å². The predicted octanol–water partition coefficient (Wildman–Crippen LogP) is 1.53. The fraction of sp³-hybridized carbons (Fsp3) is 0.857. The van der Waals surface area contributed by atoms with Crippen molar-refractivity contribution in [3.8, 4) is 0 Å². The van der Waals surface area contributed by atoms with Gasteiger partial charge in [0, 0.05) is 6.54 Å². The third-order valence-electron chi connectivity index (χ3n) is 3.93. The monoisotopic (exact) mass is 340 g/mol. The largest absolute Gasteiger partial charge is 0.453 e. The Bertz CT molecular complexity index is 448. The number of methoxy groups -OCH3 is 1. The highest BCUT2D eigenvalue weighted by molar-refractivity contribution is 5.87. The molecule has 1 saturated heterocycles. The molecule has 1 aliphatic rings. The Kier molecular flexibility index (Phi) is 5.89. The van der Waals surface area contributed by atoms with Gasteiger partial charge in [0.05, 0.1) is 25.7 Å². The van der Waals surface area contributed by atoms with Gasteiger partial charge in [0.15, 0.2) is 0 Å². The minimum atomic E-state index is -4.44. The number of rotatable bonds is 3. The van der Waals surface area contributed by atoms with Gasteiger partial charge in [0.1, 0.15) is 6.04 Å². The molecule has 1 heterocycles. The number of hydrogen-bond donors (Lipinski definition) is 2. The van der Waals surface area contributed by atoms with Crippen LogP contribution in [0.4, 0.5) is 18.0 Å². The molecule has 0 unspecified atom stereocenters. The molecular formula is C14H23F3N2O4. The lowest BCUT2D eigenvalue weighted by Gasteiger charge is -2.35. The van der Waals surface area contributed by atoms with E-state index in [-0.39, 0.29) is 6.42 Å². The third kappa shape index (κ3) is 4.73. The Morgan fingerprint density at radius 3 is 2.30 bits per heavy atom. The molecule has 2 N–H and O–H groups in total. The molecule has 0 spiro atoms. The number of aliphatic hydroxyl groups is 1. The van der Waals surface area contributed by atoms with E-state index in [2.05, 4.69) is 10.1 Å². The number of carbonyl (C=O) groups excluding carboxylic acids is 2. The molecule has 9 heteroatoms. The van der Waals surface area contributed by atoms with Gasteiger partial charge in [0.25, 0.3) is 0 Å². The number of amides is 2. The summed E-state index contributed by atoms with van der Waals surface area (Å²) in [6.07, 6.45) is -5.62. The van der Waals surface area contributed by atoms with Crippen LogP contribution in [0.3, 0.4) is 0 Å². The first kappa shape index (κ1) is 19.5. The molecule has 2 amide bonds. The fourth-order valence-electron chi connectivity index (χ4n) is 2.59. The quantitative estimate of drug-likeness (QED) is 0.817. The second-order valence-electron chi connectivity index (χ2n) is 6.74. The van der Waals surface area contributed by atoms with Crippen LogP contribution >= 0.6 is 0 Å². The standard InChI is InChI=1S/C14H23F3N2O4/c1-13(2,3)10(18-12(22)23-4)11(21)19-6-8(14(15,16)17)5-9(19)7-20/h8-10,20H,5-7H2,1-4H3,(H,18,22)/t8-,9+,10-/m1/s1. The van der Waals surface area contributed by atoms with Crippen molar-refractivity contribution < 1.29 is 32.6 Å². The highest BCUT2D eigenvalue weighted by Crippen LogP contribution is 2.37. The first-order valence-electron chi connectivity index (χ1n) is 7.24. The highest BCUT2D eigenvalue weighted by atomic mass is 19.4. The van der Waals surface area contributed by atoms with E-state index in [1.54, 1.807) is 20.8 Å². The van der Waals surface area contributed by atoms with Gasteiger partial charge in [-0.2, -0.15) is 13.2 Å². The van der Waals surface area contributed by atoms with E-state index in [0.29, 0.717) is 0 Å². The topological polar surface area (TPSA) is 78.9 Å². The number of carbonyl (C=O) groups is 2. The van der Waals surface area contributed by atoms with Gasteiger partial charge < -0.3 is 20.1 Å². The summed E-state index contributed by atoms with van der Waals surface area (Å²) >= 11 is 0. The molecule has 134 valence electrons. The zero-order valence-corrected chi connectivity index (χ0v) is 13.6. The van der Waals surface area contributed by atoms with Crippen molar-refractivity contribution in [3.05, 3.63) is 0 Å². The van der Waals surface area contributed by atoms with E-state index in [1.807, 2.05) is 0 Å². The van der Waals surface area contributed by atoms with E-state index in [0.717, 1.165) is 12.0 Å². The van der Waals surface area contributed by atoms with Gasteiger partial charge in [-0.3, -0.25) is 4.79 Å². The maximum Gasteiger partial charge on any atom is 0.407 e. The normalized spacial score (nSPS) is 23.6. The molecule has 0 aliphatic carbocycles. The van der Waals surface area contributed by atoms with Crippen LogP contribution < -0.4 is 5.32 Å². The number of hydrogen-bond acceptors (Lipinski definition) is 4. The molecule has 3 atom stereocenters. The minimum Gasteiger partial charge on any atom is -0.453 e. The van der Waals surface area contributed by atoms with Crippen molar-refractivity contribution in [3.63, 3.8) is 0 Å². The minimum absolute atomic E-state index is 0.346. The summed E-state index contributed by atoms with van der Waals surface area (Å²) in [5.41, 5.74) is -0.735. The van der Waals surface area contributed by atoms with Gasteiger partial charge >= 0.3 is 12.3 Å². The summed E-state index contributed by atoms with van der Waals surface area (Å²) in [6, 6.07) is -1.98. The summed E-state index contributed by atoms with van der Waals surface area (Å²) in [7, 11) is 1.13. The molecule has 0 radical (unpaired) electrons. The van der Waals surface area contributed by atoms with Crippen LogP contribution in [0.5, 0.6) is 0 Å². The second kappa shape index (κ2) is 6.94. The zero-order chi connectivity index (χ0) is 18.0. The lowest BCUT2D eigenvalue weighted by Crippen LogP contribution is -2.56. The van der Waals surface area contributed by atoms with Crippen LogP contribution in [-0.4, -0.2) is 60.5 Å². The number of nitrogens with zero attached hydrogens (tertiary/aromatic N) is 1. The maximum absolute atomic E-state index is 12.9. The number of alkyl halides is 3. The van der Waals surface area contributed by atoms with Crippen molar-refractivity contribution in [1.82, 2.24) is 10.2 Å². The van der Waals surface area contributed by atoms with Crippen LogP contribution in [0.15, 0.2) is 0 Å². The Hall–Kier alpha value is -1.51. The second-order valence-corrected chi connectivity index (χ2v) is 6.74. The molecular weight excluding hydrogens is 317 g/mol. The van der Waals surface area contributed by atoms with E-state index >= 15 is 0 Å². The van der Waals surface area contributed by atoms with E-state index in [9.17, 15) is 27.9 Å². The number of nitrogens with one attached hydrogen (secondary N) is 1. The van der Waals surface area contributed by atoms with Crippen molar-refractivity contribution in [2.45, 2.75) is 45.5 Å². The molecule has 6 nitrogen and oxygen atoms in total. The Morgan fingerprint density at radius 2 is 1.91 bits per heavy atom. The molecule has 0 aromatic carbocycles. The highest BCUT2D eigenvalue weighted by Gasteiger charge is 2.50.